The van der Waals surface area contributed by atoms with Gasteiger partial charge in [-0.2, -0.15) is 10.2 Å². The Kier molecular flexibility index (Phi) is 9.82. The number of pyridine rings is 1. The molecule has 7 rings (SSSR count). The van der Waals surface area contributed by atoms with Crippen LogP contribution in [0.1, 0.15) is 38.8 Å². The van der Waals surface area contributed by atoms with Crippen molar-refractivity contribution in [1.29, 1.82) is 0 Å². The summed E-state index contributed by atoms with van der Waals surface area (Å²) in [6.45, 7) is 9.56. The van der Waals surface area contributed by atoms with E-state index in [2.05, 4.69) is 49.0 Å². The van der Waals surface area contributed by atoms with Gasteiger partial charge in [-0.15, -0.1) is 0 Å². The normalized spacial score (nSPS) is 21.5. The summed E-state index contributed by atoms with van der Waals surface area (Å²) >= 11 is 12.7. The first kappa shape index (κ1) is 34.0. The summed E-state index contributed by atoms with van der Waals surface area (Å²) in [6, 6.07) is 17.5. The smallest absolute Gasteiger partial charge is 0.350 e. The zero-order valence-electron chi connectivity index (χ0n) is 28.1. The van der Waals surface area contributed by atoms with Crippen LogP contribution in [0.3, 0.4) is 0 Å². The Morgan fingerprint density at radius 2 is 1.82 bits per heavy atom. The molecule has 3 aromatic heterocycles. The average Bonchev–Trinajstić information content (AvgIpc) is 3.88. The fourth-order valence-corrected chi connectivity index (χ4v) is 7.01. The summed E-state index contributed by atoms with van der Waals surface area (Å²) in [5.41, 5.74) is 3.48. The van der Waals surface area contributed by atoms with Gasteiger partial charge < -0.3 is 24.0 Å². The van der Waals surface area contributed by atoms with Crippen LogP contribution < -0.4 is 20.2 Å². The Balaban J connectivity index is 0.945. The van der Waals surface area contributed by atoms with Crippen LogP contribution in [0.4, 0.5) is 11.4 Å². The van der Waals surface area contributed by atoms with Crippen LogP contribution >= 0.6 is 23.2 Å². The minimum atomic E-state index is -1.18. The number of nitrogens with zero attached hydrogens (tertiary/aromatic N) is 9. The van der Waals surface area contributed by atoms with Crippen molar-refractivity contribution in [3.63, 3.8) is 0 Å². The van der Waals surface area contributed by atoms with Gasteiger partial charge in [0.1, 0.15) is 38.2 Å². The quantitative estimate of drug-likeness (QED) is 0.177. The van der Waals surface area contributed by atoms with Crippen LogP contribution in [0.2, 0.25) is 10.0 Å². The molecule has 2 aliphatic heterocycles. The number of rotatable bonds is 11. The zero-order valence-corrected chi connectivity index (χ0v) is 29.6. The fourth-order valence-electron chi connectivity index (χ4n) is 6.46. The largest absolute Gasteiger partial charge is 0.475 e. The number of benzene rings is 2. The van der Waals surface area contributed by atoms with Gasteiger partial charge in [0.2, 0.25) is 11.7 Å². The molecule has 0 spiro atoms. The molecule has 50 heavy (non-hydrogen) atoms. The molecule has 4 atom stereocenters. The molecular formula is C35H39Cl2N9O4. The number of aromatic nitrogens is 7. The molecule has 2 aliphatic rings. The van der Waals surface area contributed by atoms with Gasteiger partial charge in [-0.25, -0.2) is 28.7 Å². The summed E-state index contributed by atoms with van der Waals surface area (Å²) in [5, 5.41) is 9.48. The summed E-state index contributed by atoms with van der Waals surface area (Å²) < 4.78 is 23.5. The number of ether oxygens (including phenoxy) is 3. The number of hydrogen-bond donors (Lipinski definition) is 0. The molecule has 2 saturated heterocycles. The number of piperazine rings is 1. The van der Waals surface area contributed by atoms with Crippen LogP contribution in [-0.2, 0) is 21.8 Å². The highest BCUT2D eigenvalue weighted by molar-refractivity contribution is 6.35. The van der Waals surface area contributed by atoms with Crippen molar-refractivity contribution in [2.75, 3.05) is 42.6 Å². The minimum Gasteiger partial charge on any atom is -0.475 e. The number of anilines is 2. The lowest BCUT2D eigenvalue weighted by Gasteiger charge is -2.42. The Labute approximate surface area is 299 Å². The van der Waals surface area contributed by atoms with Gasteiger partial charge in [0, 0.05) is 48.0 Å². The van der Waals surface area contributed by atoms with Crippen molar-refractivity contribution in [2.45, 2.75) is 57.7 Å². The van der Waals surface area contributed by atoms with Gasteiger partial charge in [-0.1, -0.05) is 36.2 Å². The zero-order chi connectivity index (χ0) is 34.8. The summed E-state index contributed by atoms with van der Waals surface area (Å²) in [7, 11) is 0. The van der Waals surface area contributed by atoms with Crippen molar-refractivity contribution in [3.8, 4) is 11.6 Å². The van der Waals surface area contributed by atoms with E-state index in [9.17, 15) is 4.79 Å². The molecular weight excluding hydrogens is 681 g/mol. The van der Waals surface area contributed by atoms with Gasteiger partial charge in [-0.3, -0.25) is 0 Å². The Hall–Kier alpha value is -4.43. The van der Waals surface area contributed by atoms with E-state index < -0.39 is 5.79 Å². The highest BCUT2D eigenvalue weighted by atomic mass is 35.5. The van der Waals surface area contributed by atoms with Gasteiger partial charge in [-0.05, 0) is 62.7 Å². The lowest BCUT2D eigenvalue weighted by Crippen LogP contribution is -2.52. The van der Waals surface area contributed by atoms with Gasteiger partial charge in [0.15, 0.2) is 0 Å². The molecule has 0 radical (unpaired) electrons. The third-order valence-electron chi connectivity index (χ3n) is 9.33. The van der Waals surface area contributed by atoms with Crippen molar-refractivity contribution in [3.05, 3.63) is 106 Å². The van der Waals surface area contributed by atoms with Gasteiger partial charge in [0.25, 0.3) is 0 Å². The first-order valence-electron chi connectivity index (χ1n) is 16.7. The van der Waals surface area contributed by atoms with E-state index in [1.165, 1.54) is 11.0 Å². The van der Waals surface area contributed by atoms with E-state index in [0.29, 0.717) is 21.5 Å². The highest BCUT2D eigenvalue weighted by Gasteiger charge is 2.45. The van der Waals surface area contributed by atoms with E-state index >= 15 is 0 Å². The molecule has 0 bridgehead atoms. The maximum atomic E-state index is 12.8. The first-order valence-corrected chi connectivity index (χ1v) is 17.5. The molecule has 15 heteroatoms. The summed E-state index contributed by atoms with van der Waals surface area (Å²) in [4.78, 5) is 26.2. The fraction of sp³-hybridized carbons (Fsp3) is 0.400. The van der Waals surface area contributed by atoms with E-state index in [0.717, 1.165) is 43.1 Å². The van der Waals surface area contributed by atoms with Crippen LogP contribution in [0.15, 0.2) is 84.6 Å². The standard InChI is InChI=1S/C35H39Cl2N9O4/c1-4-24(2)46-34(47)45(23-41-46)28-8-6-27(7-9-28)42-13-14-44(25(3)17-42)29-10-12-33(39-16-29)48-18-30-19-49-35(50-30,20-43-22-38-21-40-43)31-11-5-26(36)15-32(31)37/h5-12,15-16,21-25,30H,4,13-14,17-20H2,1-3H3. The van der Waals surface area contributed by atoms with Crippen molar-refractivity contribution >= 4 is 34.6 Å². The van der Waals surface area contributed by atoms with E-state index in [4.69, 9.17) is 37.4 Å². The molecule has 2 aromatic carbocycles. The maximum Gasteiger partial charge on any atom is 0.350 e. The van der Waals surface area contributed by atoms with Crippen LogP contribution in [-0.4, -0.2) is 79.1 Å². The first-order chi connectivity index (χ1) is 24.2. The van der Waals surface area contributed by atoms with Crippen LogP contribution in [0.25, 0.3) is 5.69 Å². The van der Waals surface area contributed by atoms with Gasteiger partial charge >= 0.3 is 5.69 Å². The predicted molar refractivity (Wildman–Crippen MR) is 191 cm³/mol. The third kappa shape index (κ3) is 6.95. The van der Waals surface area contributed by atoms with E-state index in [1.54, 1.807) is 40.1 Å². The van der Waals surface area contributed by atoms with Crippen molar-refractivity contribution in [1.82, 2.24) is 34.1 Å². The second kappa shape index (κ2) is 14.4. The second-order valence-electron chi connectivity index (χ2n) is 12.7. The molecule has 5 aromatic rings. The summed E-state index contributed by atoms with van der Waals surface area (Å²) in [5.74, 6) is -0.687. The van der Waals surface area contributed by atoms with Crippen LogP contribution in [0, 0.1) is 0 Å². The molecule has 0 N–H and O–H groups in total. The predicted octanol–water partition coefficient (Wildman–Crippen LogP) is 5.36. The molecule has 13 nitrogen and oxygen atoms in total. The third-order valence-corrected chi connectivity index (χ3v) is 9.88. The highest BCUT2D eigenvalue weighted by Crippen LogP contribution is 2.40. The molecule has 5 heterocycles. The Bertz CT molecular complexity index is 1950. The Morgan fingerprint density at radius 1 is 1.02 bits per heavy atom. The van der Waals surface area contributed by atoms with Gasteiger partial charge in [0.05, 0.1) is 35.2 Å². The molecule has 0 saturated carbocycles. The lowest BCUT2D eigenvalue weighted by molar-refractivity contribution is -0.190. The minimum absolute atomic E-state index is 0.0568. The number of hydrogen-bond acceptors (Lipinski definition) is 10. The number of halogens is 2. The average molecular weight is 721 g/mol. The molecule has 2 fully saturated rings. The molecule has 4 unspecified atom stereocenters. The SMILES string of the molecule is CCC(C)n1ncn(-c2ccc(N3CCN(c4ccc(OCC5COC(Cn6cncn6)(c6ccc(Cl)cc6Cl)O5)nc4)C(C)C3)cc2)c1=O. The second-order valence-corrected chi connectivity index (χ2v) is 13.5. The molecule has 0 aliphatic carbocycles. The van der Waals surface area contributed by atoms with E-state index in [1.807, 2.05) is 44.3 Å². The van der Waals surface area contributed by atoms with Crippen molar-refractivity contribution in [2.24, 2.45) is 0 Å². The van der Waals surface area contributed by atoms with Crippen molar-refractivity contribution < 1.29 is 14.2 Å². The maximum absolute atomic E-state index is 12.8. The summed E-state index contributed by atoms with van der Waals surface area (Å²) in [6.07, 6.45) is 6.97. The van der Waals surface area contributed by atoms with E-state index in [-0.39, 0.29) is 43.6 Å². The molecule has 0 amide bonds. The lowest BCUT2D eigenvalue weighted by atomic mass is 10.1. The molecule has 262 valence electrons. The monoisotopic (exact) mass is 719 g/mol. The Morgan fingerprint density at radius 3 is 2.52 bits per heavy atom. The van der Waals surface area contributed by atoms with Crippen LogP contribution in [0.5, 0.6) is 5.88 Å². The topological polar surface area (TPSA) is 118 Å².